The third kappa shape index (κ3) is 6.69. The summed E-state index contributed by atoms with van der Waals surface area (Å²) in [7, 11) is 0. The van der Waals surface area contributed by atoms with Crippen LogP contribution in [0.15, 0.2) is 0 Å². The Hall–Kier alpha value is -1.27. The molecule has 3 N–H and O–H groups in total. The third-order valence-electron chi connectivity index (χ3n) is 4.86. The number of amides is 1. The van der Waals surface area contributed by atoms with E-state index in [1.807, 2.05) is 0 Å². The van der Waals surface area contributed by atoms with Crippen LogP contribution in [-0.2, 0) is 14.4 Å². The molecule has 1 aliphatic rings. The molecule has 0 bridgehead atoms. The van der Waals surface area contributed by atoms with Crippen molar-refractivity contribution < 1.29 is 24.6 Å². The number of rotatable bonds is 10. The first-order valence-electron chi connectivity index (χ1n) is 8.90. The van der Waals surface area contributed by atoms with Crippen LogP contribution in [0.4, 0.5) is 0 Å². The Morgan fingerprint density at radius 3 is 2.25 bits per heavy atom. The van der Waals surface area contributed by atoms with Crippen LogP contribution >= 0.6 is 0 Å². The topological polar surface area (TPSA) is 104 Å². The van der Waals surface area contributed by atoms with E-state index in [0.29, 0.717) is 5.92 Å². The minimum atomic E-state index is -1.36. The van der Waals surface area contributed by atoms with E-state index in [-0.39, 0.29) is 31.8 Å². The molecule has 0 aromatic rings. The minimum absolute atomic E-state index is 0.0192. The lowest BCUT2D eigenvalue weighted by molar-refractivity contribution is -0.138. The zero-order valence-electron chi connectivity index (χ0n) is 14.8. The lowest BCUT2D eigenvalue weighted by Crippen LogP contribution is -2.46. The molecule has 1 rings (SSSR count). The first-order chi connectivity index (χ1) is 11.3. The Kier molecular flexibility index (Phi) is 8.56. The van der Waals surface area contributed by atoms with Crippen molar-refractivity contribution >= 4 is 17.5 Å². The molecule has 6 nitrogen and oxygen atoms in total. The van der Waals surface area contributed by atoms with Gasteiger partial charge in [0.15, 0.2) is 11.6 Å². The molecule has 0 aromatic heterocycles. The van der Waals surface area contributed by atoms with Crippen LogP contribution in [0, 0.1) is 11.3 Å². The lowest BCUT2D eigenvalue weighted by Gasteiger charge is -2.27. The third-order valence-corrected chi connectivity index (χ3v) is 4.86. The van der Waals surface area contributed by atoms with E-state index in [2.05, 4.69) is 5.32 Å². The molecule has 0 unspecified atom stereocenters. The average Bonchev–Trinajstić information content (AvgIpc) is 2.59. The standard InChI is InChI=1S/C18H31NO5/c1-18(2,12-20)16(23)17(24)19-11-10-15(22)14(21)9-8-13-6-4-3-5-7-13/h13,16,20,23H,3-12H2,1-2H3,(H,19,24)/t16-/m0/s1. The van der Waals surface area contributed by atoms with Crippen LogP contribution in [0.3, 0.4) is 0 Å². The van der Waals surface area contributed by atoms with Gasteiger partial charge >= 0.3 is 0 Å². The Balaban J connectivity index is 2.24. The zero-order valence-corrected chi connectivity index (χ0v) is 14.8. The van der Waals surface area contributed by atoms with E-state index in [1.54, 1.807) is 13.8 Å². The van der Waals surface area contributed by atoms with Gasteiger partial charge in [-0.1, -0.05) is 46.0 Å². The van der Waals surface area contributed by atoms with Gasteiger partial charge in [0.1, 0.15) is 6.10 Å². The Morgan fingerprint density at radius 2 is 1.67 bits per heavy atom. The predicted octanol–water partition coefficient (Wildman–Crippen LogP) is 1.37. The second-order valence-corrected chi connectivity index (χ2v) is 7.48. The summed E-state index contributed by atoms with van der Waals surface area (Å²) in [5, 5.41) is 21.4. The molecule has 138 valence electrons. The highest BCUT2D eigenvalue weighted by Crippen LogP contribution is 2.27. The number of nitrogens with one attached hydrogen (secondary N) is 1. The summed E-state index contributed by atoms with van der Waals surface area (Å²) in [6, 6.07) is 0. The number of aliphatic hydroxyl groups excluding tert-OH is 2. The summed E-state index contributed by atoms with van der Waals surface area (Å²) < 4.78 is 0. The fourth-order valence-electron chi connectivity index (χ4n) is 2.93. The van der Waals surface area contributed by atoms with Crippen molar-refractivity contribution in [3.63, 3.8) is 0 Å². The van der Waals surface area contributed by atoms with Gasteiger partial charge in [0.05, 0.1) is 6.61 Å². The maximum Gasteiger partial charge on any atom is 0.249 e. The number of ketones is 2. The zero-order chi connectivity index (χ0) is 18.2. The van der Waals surface area contributed by atoms with Crippen molar-refractivity contribution in [3.8, 4) is 0 Å². The summed E-state index contributed by atoms with van der Waals surface area (Å²) in [5.41, 5.74) is -0.954. The maximum absolute atomic E-state index is 11.9. The highest BCUT2D eigenvalue weighted by molar-refractivity contribution is 6.37. The highest BCUT2D eigenvalue weighted by Gasteiger charge is 2.32. The van der Waals surface area contributed by atoms with Gasteiger partial charge in [-0.3, -0.25) is 14.4 Å². The number of hydrogen-bond donors (Lipinski definition) is 3. The largest absolute Gasteiger partial charge is 0.396 e. The van der Waals surface area contributed by atoms with Gasteiger partial charge < -0.3 is 15.5 Å². The molecule has 0 aliphatic heterocycles. The van der Waals surface area contributed by atoms with Crippen molar-refractivity contribution in [2.45, 2.75) is 71.3 Å². The molecule has 1 saturated carbocycles. The first kappa shape index (κ1) is 20.8. The number of carbonyl (C=O) groups excluding carboxylic acids is 3. The smallest absolute Gasteiger partial charge is 0.249 e. The number of aliphatic hydroxyl groups is 2. The van der Waals surface area contributed by atoms with Crippen molar-refractivity contribution in [2.24, 2.45) is 11.3 Å². The molecule has 0 aromatic carbocycles. The van der Waals surface area contributed by atoms with E-state index >= 15 is 0 Å². The van der Waals surface area contributed by atoms with E-state index < -0.39 is 23.2 Å². The Morgan fingerprint density at radius 1 is 1.08 bits per heavy atom. The maximum atomic E-state index is 11.9. The molecule has 0 heterocycles. The molecule has 0 spiro atoms. The predicted molar refractivity (Wildman–Crippen MR) is 90.3 cm³/mol. The normalized spacial score (nSPS) is 17.3. The van der Waals surface area contributed by atoms with E-state index in [0.717, 1.165) is 19.3 Å². The van der Waals surface area contributed by atoms with Crippen LogP contribution in [0.5, 0.6) is 0 Å². The van der Waals surface area contributed by atoms with Crippen molar-refractivity contribution in [3.05, 3.63) is 0 Å². The van der Waals surface area contributed by atoms with E-state index in [9.17, 15) is 19.5 Å². The fourth-order valence-corrected chi connectivity index (χ4v) is 2.93. The molecular formula is C18H31NO5. The minimum Gasteiger partial charge on any atom is -0.396 e. The molecule has 1 amide bonds. The Bertz CT molecular complexity index is 441. The summed E-state index contributed by atoms with van der Waals surface area (Å²) in [5.74, 6) is -0.921. The molecule has 0 saturated heterocycles. The van der Waals surface area contributed by atoms with Gasteiger partial charge in [0, 0.05) is 24.8 Å². The highest BCUT2D eigenvalue weighted by atomic mass is 16.3. The van der Waals surface area contributed by atoms with Gasteiger partial charge in [-0.15, -0.1) is 0 Å². The van der Waals surface area contributed by atoms with Gasteiger partial charge in [-0.05, 0) is 12.3 Å². The van der Waals surface area contributed by atoms with Crippen LogP contribution in [-0.4, -0.2) is 46.9 Å². The van der Waals surface area contributed by atoms with Crippen LogP contribution in [0.1, 0.15) is 65.2 Å². The quantitative estimate of drug-likeness (QED) is 0.521. The van der Waals surface area contributed by atoms with Gasteiger partial charge in [0.25, 0.3) is 0 Å². The van der Waals surface area contributed by atoms with Crippen LogP contribution in [0.2, 0.25) is 0 Å². The second kappa shape index (κ2) is 9.89. The molecule has 24 heavy (non-hydrogen) atoms. The number of hydrogen-bond acceptors (Lipinski definition) is 5. The first-order valence-corrected chi connectivity index (χ1v) is 8.90. The Labute approximate surface area is 144 Å². The van der Waals surface area contributed by atoms with Crippen molar-refractivity contribution in [1.82, 2.24) is 5.32 Å². The van der Waals surface area contributed by atoms with Crippen molar-refractivity contribution in [2.75, 3.05) is 13.2 Å². The van der Waals surface area contributed by atoms with Crippen LogP contribution in [0.25, 0.3) is 0 Å². The van der Waals surface area contributed by atoms with E-state index in [4.69, 9.17) is 5.11 Å². The molecule has 1 aliphatic carbocycles. The van der Waals surface area contributed by atoms with Gasteiger partial charge in [0.2, 0.25) is 5.91 Å². The molecule has 0 radical (unpaired) electrons. The summed E-state index contributed by atoms with van der Waals surface area (Å²) in [6.07, 6.45) is 5.64. The summed E-state index contributed by atoms with van der Waals surface area (Å²) in [4.78, 5) is 35.4. The van der Waals surface area contributed by atoms with Gasteiger partial charge in [-0.25, -0.2) is 0 Å². The van der Waals surface area contributed by atoms with Gasteiger partial charge in [-0.2, -0.15) is 0 Å². The molecule has 1 atom stereocenters. The van der Waals surface area contributed by atoms with Crippen LogP contribution < -0.4 is 5.32 Å². The SMILES string of the molecule is CC(C)(CO)[C@@H](O)C(=O)NCCC(=O)C(=O)CCC1CCCCC1. The molecular weight excluding hydrogens is 310 g/mol. The lowest BCUT2D eigenvalue weighted by atomic mass is 9.85. The monoisotopic (exact) mass is 341 g/mol. The molecule has 6 heteroatoms. The number of Topliss-reactive ketones (excluding diaryl/α,β-unsaturated/α-hetero) is 2. The molecule has 1 fully saturated rings. The number of carbonyl (C=O) groups is 3. The average molecular weight is 341 g/mol. The van der Waals surface area contributed by atoms with E-state index in [1.165, 1.54) is 19.3 Å². The fraction of sp³-hybridized carbons (Fsp3) is 0.833. The second-order valence-electron chi connectivity index (χ2n) is 7.48. The summed E-state index contributed by atoms with van der Waals surface area (Å²) >= 11 is 0. The summed E-state index contributed by atoms with van der Waals surface area (Å²) in [6.45, 7) is 2.82. The van der Waals surface area contributed by atoms with Crippen molar-refractivity contribution in [1.29, 1.82) is 0 Å².